The van der Waals surface area contributed by atoms with Crippen molar-refractivity contribution in [1.29, 1.82) is 0 Å². The van der Waals surface area contributed by atoms with Crippen molar-refractivity contribution in [1.82, 2.24) is 10.2 Å². The Labute approximate surface area is 122 Å². The molecule has 1 heterocycles. The molecule has 5 heteroatoms. The molecule has 116 valence electrons. The predicted molar refractivity (Wildman–Crippen MR) is 78.2 cm³/mol. The van der Waals surface area contributed by atoms with E-state index in [-0.39, 0.29) is 29.8 Å². The molecule has 1 amide bonds. The van der Waals surface area contributed by atoms with E-state index in [2.05, 4.69) is 24.1 Å². The zero-order valence-corrected chi connectivity index (χ0v) is 13.3. The molecule has 1 N–H and O–H groups in total. The Hall–Kier alpha value is -1.10. The van der Waals surface area contributed by atoms with Crippen LogP contribution in [0.5, 0.6) is 0 Å². The van der Waals surface area contributed by atoms with Crippen LogP contribution >= 0.6 is 0 Å². The molecule has 0 aromatic heterocycles. The Bertz CT molecular complexity index is 342. The number of carbonyl (C=O) groups excluding carboxylic acids is 2. The van der Waals surface area contributed by atoms with Crippen LogP contribution < -0.4 is 5.32 Å². The van der Waals surface area contributed by atoms with E-state index in [1.54, 1.807) is 0 Å². The molecule has 20 heavy (non-hydrogen) atoms. The molecule has 1 fully saturated rings. The number of piperidine rings is 1. The molecule has 0 saturated carbocycles. The van der Waals surface area contributed by atoms with Crippen LogP contribution in [0.3, 0.4) is 0 Å². The van der Waals surface area contributed by atoms with E-state index >= 15 is 0 Å². The van der Waals surface area contributed by atoms with Gasteiger partial charge in [0.25, 0.3) is 0 Å². The summed E-state index contributed by atoms with van der Waals surface area (Å²) < 4.78 is 4.76. The van der Waals surface area contributed by atoms with Crippen LogP contribution in [0.4, 0.5) is 0 Å². The van der Waals surface area contributed by atoms with Crippen LogP contribution in [0.2, 0.25) is 0 Å². The van der Waals surface area contributed by atoms with Crippen molar-refractivity contribution in [2.75, 3.05) is 20.2 Å². The summed E-state index contributed by atoms with van der Waals surface area (Å²) in [6.07, 6.45) is 1.27. The molecular formula is C15H28N2O3. The van der Waals surface area contributed by atoms with E-state index in [9.17, 15) is 9.59 Å². The molecule has 0 bridgehead atoms. The maximum absolute atomic E-state index is 11.9. The number of likely N-dealkylation sites (tertiary alicyclic amines) is 1. The number of hydrogen-bond acceptors (Lipinski definition) is 4. The molecule has 0 spiro atoms. The largest absolute Gasteiger partial charge is 0.469 e. The number of esters is 1. The Morgan fingerprint density at radius 1 is 1.25 bits per heavy atom. The third-order valence-corrected chi connectivity index (χ3v) is 3.85. The number of nitrogens with zero attached hydrogens (tertiary/aromatic N) is 1. The van der Waals surface area contributed by atoms with Gasteiger partial charge >= 0.3 is 5.97 Å². The minimum absolute atomic E-state index is 0.0107. The van der Waals surface area contributed by atoms with E-state index in [1.807, 2.05) is 13.8 Å². The van der Waals surface area contributed by atoms with Gasteiger partial charge in [0.05, 0.1) is 7.11 Å². The molecule has 1 aliphatic rings. The summed E-state index contributed by atoms with van der Waals surface area (Å²) in [7, 11) is 1.42. The number of ether oxygens (including phenoxy) is 1. The summed E-state index contributed by atoms with van der Waals surface area (Å²) in [6, 6.07) is 0.532. The predicted octanol–water partition coefficient (Wildman–Crippen LogP) is 1.42. The van der Waals surface area contributed by atoms with Gasteiger partial charge in [-0.1, -0.05) is 13.8 Å². The quantitative estimate of drug-likeness (QED) is 0.776. The molecule has 0 aliphatic carbocycles. The van der Waals surface area contributed by atoms with Crippen molar-refractivity contribution in [3.63, 3.8) is 0 Å². The number of rotatable bonds is 5. The maximum Gasteiger partial charge on any atom is 0.305 e. The highest BCUT2D eigenvalue weighted by molar-refractivity contribution is 5.78. The number of nitrogens with one attached hydrogen (secondary N) is 1. The fourth-order valence-electron chi connectivity index (χ4n) is 2.60. The van der Waals surface area contributed by atoms with Crippen LogP contribution in [0.1, 0.15) is 40.5 Å². The first-order valence-corrected chi connectivity index (χ1v) is 7.44. The van der Waals surface area contributed by atoms with E-state index < -0.39 is 0 Å². The van der Waals surface area contributed by atoms with Gasteiger partial charge in [0.1, 0.15) is 0 Å². The number of methoxy groups -OCH3 is 1. The lowest BCUT2D eigenvalue weighted by molar-refractivity contribution is -0.142. The summed E-state index contributed by atoms with van der Waals surface area (Å²) in [6.45, 7) is 9.81. The van der Waals surface area contributed by atoms with Gasteiger partial charge in [-0.25, -0.2) is 0 Å². The van der Waals surface area contributed by atoms with Crippen molar-refractivity contribution in [3.05, 3.63) is 0 Å². The van der Waals surface area contributed by atoms with E-state index in [0.29, 0.717) is 12.5 Å². The summed E-state index contributed by atoms with van der Waals surface area (Å²) in [5, 5.41) is 3.09. The number of amides is 1. The summed E-state index contributed by atoms with van der Waals surface area (Å²) in [4.78, 5) is 25.6. The molecular weight excluding hydrogens is 256 g/mol. The molecule has 0 radical (unpaired) electrons. The Kier molecular flexibility index (Phi) is 6.46. The van der Waals surface area contributed by atoms with Gasteiger partial charge in [-0.3, -0.25) is 14.5 Å². The van der Waals surface area contributed by atoms with Gasteiger partial charge < -0.3 is 10.1 Å². The Balaban J connectivity index is 2.65. The molecule has 1 rings (SSSR count). The molecule has 5 nitrogen and oxygen atoms in total. The highest BCUT2D eigenvalue weighted by atomic mass is 16.5. The van der Waals surface area contributed by atoms with Gasteiger partial charge in [-0.05, 0) is 26.2 Å². The molecule has 1 aliphatic heterocycles. The smallest absolute Gasteiger partial charge is 0.305 e. The third kappa shape index (κ3) is 5.12. The van der Waals surface area contributed by atoms with E-state index in [4.69, 9.17) is 4.74 Å². The number of hydrogen-bond donors (Lipinski definition) is 1. The summed E-state index contributed by atoms with van der Waals surface area (Å²) in [5.74, 6) is 0.145. The lowest BCUT2D eigenvalue weighted by Gasteiger charge is -2.40. The zero-order valence-electron chi connectivity index (χ0n) is 13.3. The highest BCUT2D eigenvalue weighted by Gasteiger charge is 2.31. The van der Waals surface area contributed by atoms with Gasteiger partial charge in [0.15, 0.2) is 0 Å². The molecule has 1 saturated heterocycles. The lowest BCUT2D eigenvalue weighted by atomic mass is 9.90. The Morgan fingerprint density at radius 3 is 2.40 bits per heavy atom. The Morgan fingerprint density at radius 2 is 1.90 bits per heavy atom. The maximum atomic E-state index is 11.9. The fourth-order valence-corrected chi connectivity index (χ4v) is 2.60. The molecule has 2 atom stereocenters. The van der Waals surface area contributed by atoms with E-state index in [0.717, 1.165) is 19.5 Å². The first kappa shape index (κ1) is 17.0. The second-order valence-corrected chi connectivity index (χ2v) is 6.29. The van der Waals surface area contributed by atoms with Crippen LogP contribution in [-0.2, 0) is 14.3 Å². The lowest BCUT2D eigenvalue weighted by Crippen LogP contribution is -2.53. The zero-order chi connectivity index (χ0) is 15.3. The molecule has 0 aromatic rings. The topological polar surface area (TPSA) is 58.6 Å². The third-order valence-electron chi connectivity index (χ3n) is 3.85. The highest BCUT2D eigenvalue weighted by Crippen LogP contribution is 2.22. The van der Waals surface area contributed by atoms with Gasteiger partial charge in [0.2, 0.25) is 5.91 Å². The first-order valence-electron chi connectivity index (χ1n) is 7.44. The first-order chi connectivity index (χ1) is 9.33. The molecule has 0 aromatic carbocycles. The van der Waals surface area contributed by atoms with Crippen molar-refractivity contribution in [3.8, 4) is 0 Å². The van der Waals surface area contributed by atoms with Crippen LogP contribution in [0.25, 0.3) is 0 Å². The summed E-state index contributed by atoms with van der Waals surface area (Å²) >= 11 is 0. The summed E-state index contributed by atoms with van der Waals surface area (Å²) in [5.41, 5.74) is 0. The van der Waals surface area contributed by atoms with Gasteiger partial charge in [-0.15, -0.1) is 0 Å². The van der Waals surface area contributed by atoms with Crippen LogP contribution in [0.15, 0.2) is 0 Å². The minimum atomic E-state index is -0.172. The average Bonchev–Trinajstić information content (AvgIpc) is 2.37. The van der Waals surface area contributed by atoms with Crippen molar-refractivity contribution >= 4 is 11.9 Å². The minimum Gasteiger partial charge on any atom is -0.469 e. The fraction of sp³-hybridized carbons (Fsp3) is 0.867. The van der Waals surface area contributed by atoms with Crippen molar-refractivity contribution in [2.45, 2.75) is 52.6 Å². The van der Waals surface area contributed by atoms with E-state index in [1.165, 1.54) is 7.11 Å². The van der Waals surface area contributed by atoms with Crippen molar-refractivity contribution < 1.29 is 14.3 Å². The molecule has 2 unspecified atom stereocenters. The average molecular weight is 284 g/mol. The second kappa shape index (κ2) is 7.62. The van der Waals surface area contributed by atoms with Crippen LogP contribution in [0, 0.1) is 11.8 Å². The standard InChI is InChI=1S/C15H28N2O3/c1-10(2)15(19)16-13-6-12(7-14(18)20-5)8-17(9-13)11(3)4/h10-13H,6-9H2,1-5H3,(H,16,19). The SMILES string of the molecule is COC(=O)CC1CC(NC(=O)C(C)C)CN(C(C)C)C1. The van der Waals surface area contributed by atoms with Gasteiger partial charge in [-0.2, -0.15) is 0 Å². The van der Waals surface area contributed by atoms with Gasteiger partial charge in [0, 0.05) is 37.5 Å². The van der Waals surface area contributed by atoms with Crippen LogP contribution in [-0.4, -0.2) is 49.1 Å². The number of carbonyl (C=O) groups is 2. The van der Waals surface area contributed by atoms with Crippen molar-refractivity contribution in [2.24, 2.45) is 11.8 Å². The normalized spacial score (nSPS) is 23.9. The monoisotopic (exact) mass is 284 g/mol. The second-order valence-electron chi connectivity index (χ2n) is 6.29.